The molecule has 1 aromatic heterocycles. The van der Waals surface area contributed by atoms with Crippen molar-refractivity contribution in [3.05, 3.63) is 36.0 Å². The minimum atomic E-state index is -3.37. The van der Waals surface area contributed by atoms with E-state index in [4.69, 9.17) is 5.73 Å². The van der Waals surface area contributed by atoms with Crippen LogP contribution in [0.15, 0.2) is 35.4 Å². The molecule has 6 nitrogen and oxygen atoms in total. The Morgan fingerprint density at radius 2 is 2.05 bits per heavy atom. The summed E-state index contributed by atoms with van der Waals surface area (Å²) in [6.07, 6.45) is 1.57. The zero-order valence-corrected chi connectivity index (χ0v) is 12.6. The fourth-order valence-electron chi connectivity index (χ4n) is 1.49. The van der Waals surface area contributed by atoms with Crippen molar-refractivity contribution in [1.29, 1.82) is 0 Å². The molecule has 1 aromatic carbocycles. The summed E-state index contributed by atoms with van der Waals surface area (Å²) < 4.78 is 26.3. The molecule has 0 saturated heterocycles. The van der Waals surface area contributed by atoms with Gasteiger partial charge in [0.15, 0.2) is 0 Å². The standard InChI is InChI=1S/C12H16N4O2S2/c1-9-8-14-15-12(9)16-20(17,18)7-6-19-11-4-2-10(13)3-5-11/h2-5,8H,6-7,13H2,1H3,(H2,14,15,16). The second-order valence-electron chi connectivity index (χ2n) is 4.27. The number of aromatic amines is 1. The Bertz CT molecular complexity index is 665. The first-order valence-corrected chi connectivity index (χ1v) is 8.59. The van der Waals surface area contributed by atoms with E-state index in [-0.39, 0.29) is 5.75 Å². The number of nitrogens with two attached hydrogens (primary N) is 1. The Morgan fingerprint density at radius 3 is 2.65 bits per heavy atom. The summed E-state index contributed by atoms with van der Waals surface area (Å²) in [5.41, 5.74) is 7.05. The van der Waals surface area contributed by atoms with Gasteiger partial charge in [0.05, 0.1) is 11.9 Å². The van der Waals surface area contributed by atoms with Crippen molar-refractivity contribution in [3.8, 4) is 0 Å². The normalized spacial score (nSPS) is 11.4. The lowest BCUT2D eigenvalue weighted by molar-refractivity contribution is 0.602. The second-order valence-corrected chi connectivity index (χ2v) is 7.28. The molecule has 2 rings (SSSR count). The van der Waals surface area contributed by atoms with E-state index in [1.807, 2.05) is 12.1 Å². The molecule has 0 unspecified atom stereocenters. The van der Waals surface area contributed by atoms with Crippen LogP contribution in [0.1, 0.15) is 5.56 Å². The zero-order valence-electron chi connectivity index (χ0n) is 11.0. The van der Waals surface area contributed by atoms with E-state index >= 15 is 0 Å². The third-order valence-corrected chi connectivity index (χ3v) is 5.12. The van der Waals surface area contributed by atoms with Crippen LogP contribution in [0, 0.1) is 6.92 Å². The average molecular weight is 312 g/mol. The molecule has 0 saturated carbocycles. The number of nitrogen functional groups attached to an aromatic ring is 1. The Labute approximate surface area is 122 Å². The highest BCUT2D eigenvalue weighted by molar-refractivity contribution is 8.01. The number of anilines is 2. The summed E-state index contributed by atoms with van der Waals surface area (Å²) in [5.74, 6) is 0.912. The van der Waals surface area contributed by atoms with Crippen LogP contribution < -0.4 is 10.5 Å². The van der Waals surface area contributed by atoms with Gasteiger partial charge in [-0.25, -0.2) is 8.42 Å². The van der Waals surface area contributed by atoms with Gasteiger partial charge in [-0.3, -0.25) is 9.82 Å². The highest BCUT2D eigenvalue weighted by Gasteiger charge is 2.12. The number of hydrogen-bond acceptors (Lipinski definition) is 5. The molecule has 8 heteroatoms. The van der Waals surface area contributed by atoms with Crippen molar-refractivity contribution >= 4 is 33.3 Å². The van der Waals surface area contributed by atoms with E-state index in [1.165, 1.54) is 11.8 Å². The Kier molecular flexibility index (Phi) is 4.56. The van der Waals surface area contributed by atoms with Crippen molar-refractivity contribution in [2.45, 2.75) is 11.8 Å². The molecule has 0 fully saturated rings. The zero-order chi connectivity index (χ0) is 14.6. The molecule has 0 amide bonds. The topological polar surface area (TPSA) is 101 Å². The van der Waals surface area contributed by atoms with Gasteiger partial charge in [-0.05, 0) is 31.2 Å². The van der Waals surface area contributed by atoms with Crippen LogP contribution >= 0.6 is 11.8 Å². The number of rotatable bonds is 6. The first-order chi connectivity index (χ1) is 9.46. The van der Waals surface area contributed by atoms with Crippen molar-refractivity contribution in [3.63, 3.8) is 0 Å². The number of aryl methyl sites for hydroxylation is 1. The fourth-order valence-corrected chi connectivity index (χ4v) is 3.88. The molecule has 1 heterocycles. The van der Waals surface area contributed by atoms with E-state index in [0.29, 0.717) is 17.3 Å². The van der Waals surface area contributed by atoms with Gasteiger partial charge in [0, 0.05) is 21.9 Å². The first kappa shape index (κ1) is 14.7. The minimum absolute atomic E-state index is 0.0283. The molecule has 4 N–H and O–H groups in total. The number of sulfonamides is 1. The summed E-state index contributed by atoms with van der Waals surface area (Å²) in [5, 5.41) is 6.39. The predicted octanol–water partition coefficient (Wildman–Crippen LogP) is 1.83. The number of nitrogens with one attached hydrogen (secondary N) is 2. The van der Waals surface area contributed by atoms with Crippen molar-refractivity contribution in [1.82, 2.24) is 10.2 Å². The highest BCUT2D eigenvalue weighted by atomic mass is 32.2. The molecular formula is C12H16N4O2S2. The van der Waals surface area contributed by atoms with Gasteiger partial charge in [-0.15, -0.1) is 11.8 Å². The molecule has 108 valence electrons. The van der Waals surface area contributed by atoms with E-state index in [2.05, 4.69) is 14.9 Å². The van der Waals surface area contributed by atoms with Crippen LogP contribution in [0.4, 0.5) is 11.5 Å². The summed E-state index contributed by atoms with van der Waals surface area (Å²) in [6.45, 7) is 1.78. The third kappa shape index (κ3) is 4.17. The monoisotopic (exact) mass is 312 g/mol. The van der Waals surface area contributed by atoms with Crippen molar-refractivity contribution in [2.75, 3.05) is 22.0 Å². The van der Waals surface area contributed by atoms with Gasteiger partial charge < -0.3 is 5.73 Å². The maximum Gasteiger partial charge on any atom is 0.234 e. The number of benzene rings is 1. The van der Waals surface area contributed by atoms with E-state index in [9.17, 15) is 8.42 Å². The van der Waals surface area contributed by atoms with Gasteiger partial charge in [-0.2, -0.15) is 5.10 Å². The average Bonchev–Trinajstić information content (AvgIpc) is 2.77. The number of H-pyrrole nitrogens is 1. The smallest absolute Gasteiger partial charge is 0.234 e. The Morgan fingerprint density at radius 1 is 1.35 bits per heavy atom. The number of thioether (sulfide) groups is 1. The van der Waals surface area contributed by atoms with Crippen LogP contribution in [-0.2, 0) is 10.0 Å². The lowest BCUT2D eigenvalue weighted by Crippen LogP contribution is -2.18. The third-order valence-electron chi connectivity index (χ3n) is 2.59. The molecule has 2 aromatic rings. The summed E-state index contributed by atoms with van der Waals surface area (Å²) in [6, 6.07) is 7.34. The van der Waals surface area contributed by atoms with Gasteiger partial charge >= 0.3 is 0 Å². The van der Waals surface area contributed by atoms with Crippen molar-refractivity contribution < 1.29 is 8.42 Å². The Balaban J connectivity index is 1.86. The van der Waals surface area contributed by atoms with Gasteiger partial charge in [-0.1, -0.05) is 0 Å². The molecular weight excluding hydrogens is 296 g/mol. The van der Waals surface area contributed by atoms with Crippen LogP contribution in [0.5, 0.6) is 0 Å². The molecule has 0 bridgehead atoms. The van der Waals surface area contributed by atoms with Gasteiger partial charge in [0.25, 0.3) is 0 Å². The van der Waals surface area contributed by atoms with E-state index in [0.717, 1.165) is 10.5 Å². The van der Waals surface area contributed by atoms with Crippen LogP contribution in [0.2, 0.25) is 0 Å². The van der Waals surface area contributed by atoms with E-state index < -0.39 is 10.0 Å². The first-order valence-electron chi connectivity index (χ1n) is 5.95. The van der Waals surface area contributed by atoms with E-state index in [1.54, 1.807) is 25.3 Å². The fraction of sp³-hybridized carbons (Fsp3) is 0.250. The van der Waals surface area contributed by atoms with Crippen LogP contribution in [0.3, 0.4) is 0 Å². The second kappa shape index (κ2) is 6.19. The van der Waals surface area contributed by atoms with Gasteiger partial charge in [0.1, 0.15) is 5.82 Å². The Hall–Kier alpha value is -1.67. The maximum absolute atomic E-state index is 11.9. The number of aromatic nitrogens is 2. The molecule has 0 aliphatic rings. The molecule has 0 aliphatic carbocycles. The minimum Gasteiger partial charge on any atom is -0.399 e. The molecule has 0 aliphatic heterocycles. The molecule has 0 spiro atoms. The molecule has 0 atom stereocenters. The summed E-state index contributed by atoms with van der Waals surface area (Å²) >= 11 is 1.47. The number of hydrogen-bond donors (Lipinski definition) is 3. The van der Waals surface area contributed by atoms with Crippen molar-refractivity contribution in [2.24, 2.45) is 0 Å². The molecule has 20 heavy (non-hydrogen) atoms. The number of nitrogens with zero attached hydrogens (tertiary/aromatic N) is 1. The summed E-state index contributed by atoms with van der Waals surface area (Å²) in [4.78, 5) is 0.993. The lowest BCUT2D eigenvalue weighted by Gasteiger charge is -2.07. The lowest BCUT2D eigenvalue weighted by atomic mass is 10.3. The maximum atomic E-state index is 11.9. The van der Waals surface area contributed by atoms with Crippen LogP contribution in [-0.4, -0.2) is 30.1 Å². The van der Waals surface area contributed by atoms with Gasteiger partial charge in [0.2, 0.25) is 10.0 Å². The quantitative estimate of drug-likeness (QED) is 0.558. The highest BCUT2D eigenvalue weighted by Crippen LogP contribution is 2.20. The van der Waals surface area contributed by atoms with Crippen LogP contribution in [0.25, 0.3) is 0 Å². The largest absolute Gasteiger partial charge is 0.399 e. The predicted molar refractivity (Wildman–Crippen MR) is 82.3 cm³/mol. The summed E-state index contributed by atoms with van der Waals surface area (Å²) in [7, 11) is -3.37. The molecule has 0 radical (unpaired) electrons. The SMILES string of the molecule is Cc1cn[nH]c1NS(=O)(=O)CCSc1ccc(N)cc1.